The van der Waals surface area contributed by atoms with Gasteiger partial charge in [-0.15, -0.1) is 0 Å². The van der Waals surface area contributed by atoms with Crippen LogP contribution in [0.25, 0.3) is 0 Å². The van der Waals surface area contributed by atoms with E-state index in [1.807, 2.05) is 0 Å². The van der Waals surface area contributed by atoms with Gasteiger partial charge in [-0.25, -0.2) is 0 Å². The molecule has 0 heterocycles. The standard InChI is InChI=1S/C11H21BO/c1-7-9-5-8(11(9,2)3)6-10(7)13-12-4/h7-10,12H,5-6H2,1-4H3. The molecule has 0 aromatic heterocycles. The van der Waals surface area contributed by atoms with Crippen LogP contribution in [0.5, 0.6) is 0 Å². The molecule has 0 aromatic rings. The van der Waals surface area contributed by atoms with Crippen molar-refractivity contribution in [3.8, 4) is 0 Å². The van der Waals surface area contributed by atoms with E-state index in [1.165, 1.54) is 12.8 Å². The van der Waals surface area contributed by atoms with Crippen molar-refractivity contribution in [1.29, 1.82) is 0 Å². The highest BCUT2D eigenvalue weighted by Gasteiger charge is 2.56. The minimum atomic E-state index is 0.557. The first-order chi connectivity index (χ1) is 6.07. The molecule has 4 unspecified atom stereocenters. The Morgan fingerprint density at radius 3 is 2.46 bits per heavy atom. The summed E-state index contributed by atoms with van der Waals surface area (Å²) in [4.78, 5) is 0. The summed E-state index contributed by atoms with van der Waals surface area (Å²) in [7, 11) is 0.884. The van der Waals surface area contributed by atoms with Crippen LogP contribution in [0, 0.1) is 23.2 Å². The first-order valence-electron chi connectivity index (χ1n) is 5.69. The molecule has 3 saturated carbocycles. The third-order valence-electron chi connectivity index (χ3n) is 4.66. The quantitative estimate of drug-likeness (QED) is 0.593. The largest absolute Gasteiger partial charge is 0.437 e. The first-order valence-corrected chi connectivity index (χ1v) is 5.69. The number of fused-ring (bicyclic) bond motifs is 2. The molecule has 0 amide bonds. The summed E-state index contributed by atoms with van der Waals surface area (Å²) < 4.78 is 5.79. The number of rotatable bonds is 2. The van der Waals surface area contributed by atoms with Gasteiger partial charge in [0.05, 0.1) is 0 Å². The summed E-state index contributed by atoms with van der Waals surface area (Å²) in [6.07, 6.45) is 3.32. The SMILES string of the molecule is CBOC1CC2CC(C1C)C2(C)C. The van der Waals surface area contributed by atoms with Gasteiger partial charge in [0.2, 0.25) is 0 Å². The topological polar surface area (TPSA) is 9.23 Å². The van der Waals surface area contributed by atoms with Gasteiger partial charge in [-0.2, -0.15) is 0 Å². The Hall–Kier alpha value is 0.0249. The van der Waals surface area contributed by atoms with Crippen molar-refractivity contribution in [2.45, 2.75) is 46.5 Å². The van der Waals surface area contributed by atoms with Crippen LogP contribution in [0.15, 0.2) is 0 Å². The molecule has 3 aliphatic rings. The Morgan fingerprint density at radius 1 is 1.31 bits per heavy atom. The van der Waals surface area contributed by atoms with E-state index in [0.717, 1.165) is 25.2 Å². The van der Waals surface area contributed by atoms with E-state index in [-0.39, 0.29) is 0 Å². The second kappa shape index (κ2) is 3.01. The molecule has 0 aliphatic heterocycles. The Labute approximate surface area is 82.5 Å². The second-order valence-electron chi connectivity index (χ2n) is 5.45. The fraction of sp³-hybridized carbons (Fsp3) is 1.00. The van der Waals surface area contributed by atoms with Crippen LogP contribution < -0.4 is 0 Å². The van der Waals surface area contributed by atoms with E-state index < -0.39 is 0 Å². The Balaban J connectivity index is 2.03. The molecule has 0 aromatic carbocycles. The van der Waals surface area contributed by atoms with Gasteiger partial charge < -0.3 is 4.65 Å². The maximum absolute atomic E-state index is 5.79. The normalized spacial score (nSPS) is 46.8. The molecule has 2 heteroatoms. The van der Waals surface area contributed by atoms with Gasteiger partial charge in [-0.3, -0.25) is 0 Å². The number of hydrogen-bond donors (Lipinski definition) is 0. The van der Waals surface area contributed by atoms with Crippen LogP contribution >= 0.6 is 0 Å². The maximum atomic E-state index is 5.79. The predicted octanol–water partition coefficient (Wildman–Crippen LogP) is 2.47. The van der Waals surface area contributed by atoms with Crippen molar-refractivity contribution in [3.63, 3.8) is 0 Å². The molecule has 13 heavy (non-hydrogen) atoms. The minimum absolute atomic E-state index is 0.557. The zero-order valence-electron chi connectivity index (χ0n) is 9.34. The zero-order chi connectivity index (χ0) is 9.64. The van der Waals surface area contributed by atoms with Crippen molar-refractivity contribution in [2.24, 2.45) is 23.2 Å². The van der Waals surface area contributed by atoms with Gasteiger partial charge in [-0.05, 0) is 36.0 Å². The molecule has 3 fully saturated rings. The van der Waals surface area contributed by atoms with Crippen molar-refractivity contribution in [3.05, 3.63) is 0 Å². The molecule has 3 rings (SSSR count). The fourth-order valence-electron chi connectivity index (χ4n) is 3.54. The molecular weight excluding hydrogens is 159 g/mol. The number of hydrogen-bond acceptors (Lipinski definition) is 1. The Kier molecular flexibility index (Phi) is 2.22. The Bertz CT molecular complexity index is 202. The molecule has 0 N–H and O–H groups in total. The maximum Gasteiger partial charge on any atom is 0.272 e. The summed E-state index contributed by atoms with van der Waals surface area (Å²) in [5.74, 6) is 2.63. The molecule has 2 bridgehead atoms. The lowest BCUT2D eigenvalue weighted by molar-refractivity contribution is -0.147. The molecule has 0 saturated heterocycles. The van der Waals surface area contributed by atoms with Crippen LogP contribution in [0.3, 0.4) is 0 Å². The lowest BCUT2D eigenvalue weighted by Gasteiger charge is -2.62. The smallest absolute Gasteiger partial charge is 0.272 e. The third kappa shape index (κ3) is 1.26. The zero-order valence-corrected chi connectivity index (χ0v) is 9.34. The molecular formula is C11H21BO. The monoisotopic (exact) mass is 180 g/mol. The highest BCUT2D eigenvalue weighted by Crippen LogP contribution is 2.61. The molecule has 0 radical (unpaired) electrons. The molecule has 0 spiro atoms. The van der Waals surface area contributed by atoms with Gasteiger partial charge >= 0.3 is 0 Å². The van der Waals surface area contributed by atoms with Gasteiger partial charge in [0, 0.05) is 6.10 Å². The van der Waals surface area contributed by atoms with Gasteiger partial charge in [0.15, 0.2) is 0 Å². The summed E-state index contributed by atoms with van der Waals surface area (Å²) in [5.41, 5.74) is 0.604. The van der Waals surface area contributed by atoms with Gasteiger partial charge in [0.25, 0.3) is 7.48 Å². The predicted molar refractivity (Wildman–Crippen MR) is 57.0 cm³/mol. The third-order valence-corrected chi connectivity index (χ3v) is 4.66. The van der Waals surface area contributed by atoms with Gasteiger partial charge in [-0.1, -0.05) is 27.6 Å². The van der Waals surface area contributed by atoms with Crippen molar-refractivity contribution < 1.29 is 4.65 Å². The van der Waals surface area contributed by atoms with E-state index in [0.29, 0.717) is 11.5 Å². The van der Waals surface area contributed by atoms with E-state index in [4.69, 9.17) is 4.65 Å². The lowest BCUT2D eigenvalue weighted by atomic mass is 9.45. The molecule has 4 atom stereocenters. The second-order valence-corrected chi connectivity index (χ2v) is 5.45. The van der Waals surface area contributed by atoms with E-state index in [9.17, 15) is 0 Å². The lowest BCUT2D eigenvalue weighted by Crippen LogP contribution is -2.57. The highest BCUT2D eigenvalue weighted by atomic mass is 16.4. The average molecular weight is 180 g/mol. The fourth-order valence-corrected chi connectivity index (χ4v) is 3.54. The van der Waals surface area contributed by atoms with E-state index >= 15 is 0 Å². The van der Waals surface area contributed by atoms with Crippen molar-refractivity contribution in [1.82, 2.24) is 0 Å². The van der Waals surface area contributed by atoms with Crippen molar-refractivity contribution in [2.75, 3.05) is 0 Å². The minimum Gasteiger partial charge on any atom is -0.437 e. The van der Waals surface area contributed by atoms with Crippen LogP contribution in [0.4, 0.5) is 0 Å². The van der Waals surface area contributed by atoms with Gasteiger partial charge in [0.1, 0.15) is 0 Å². The molecule has 1 nitrogen and oxygen atoms in total. The van der Waals surface area contributed by atoms with E-state index in [2.05, 4.69) is 27.6 Å². The highest BCUT2D eigenvalue weighted by molar-refractivity contribution is 6.24. The van der Waals surface area contributed by atoms with Crippen LogP contribution in [0.1, 0.15) is 33.6 Å². The average Bonchev–Trinajstić information content (AvgIpc) is 2.08. The summed E-state index contributed by atoms with van der Waals surface area (Å²) in [6.45, 7) is 9.36. The summed E-state index contributed by atoms with van der Waals surface area (Å²) in [5, 5.41) is 0. The summed E-state index contributed by atoms with van der Waals surface area (Å²) in [6, 6.07) is 0. The van der Waals surface area contributed by atoms with Crippen molar-refractivity contribution >= 4 is 7.48 Å². The molecule has 3 aliphatic carbocycles. The van der Waals surface area contributed by atoms with E-state index in [1.54, 1.807) is 0 Å². The summed E-state index contributed by atoms with van der Waals surface area (Å²) >= 11 is 0. The van der Waals surface area contributed by atoms with Crippen LogP contribution in [-0.4, -0.2) is 13.6 Å². The first kappa shape index (κ1) is 9.58. The van der Waals surface area contributed by atoms with Crippen LogP contribution in [-0.2, 0) is 4.65 Å². The Morgan fingerprint density at radius 2 is 2.00 bits per heavy atom. The molecule has 74 valence electrons. The van der Waals surface area contributed by atoms with Crippen LogP contribution in [0.2, 0.25) is 6.82 Å².